The van der Waals surface area contributed by atoms with Crippen molar-refractivity contribution in [1.82, 2.24) is 10.3 Å². The maximum Gasteiger partial charge on any atom is 0.263 e. The van der Waals surface area contributed by atoms with Gasteiger partial charge in [0.05, 0.1) is 5.69 Å². The Hall–Kier alpha value is -1.14. The first-order valence-electron chi connectivity index (χ1n) is 5.48. The standard InChI is InChI=1S/C11H19N3O2S/c1-7-8(17-10(12)14-7)9(16)13-6-11(2,3)4-5-15/h15H,4-6H2,1-3H3,(H2,12,14)(H,13,16). The van der Waals surface area contributed by atoms with E-state index in [1.54, 1.807) is 6.92 Å². The van der Waals surface area contributed by atoms with Gasteiger partial charge in [0.2, 0.25) is 0 Å². The SMILES string of the molecule is Cc1nc(N)sc1C(=O)NCC(C)(C)CCO. The molecule has 0 spiro atoms. The minimum absolute atomic E-state index is 0.117. The molecular weight excluding hydrogens is 238 g/mol. The van der Waals surface area contributed by atoms with E-state index in [1.165, 1.54) is 11.3 Å². The lowest BCUT2D eigenvalue weighted by Crippen LogP contribution is -2.34. The van der Waals surface area contributed by atoms with Crippen LogP contribution in [-0.4, -0.2) is 29.1 Å². The van der Waals surface area contributed by atoms with E-state index in [0.29, 0.717) is 28.7 Å². The van der Waals surface area contributed by atoms with Gasteiger partial charge in [-0.1, -0.05) is 25.2 Å². The maximum atomic E-state index is 11.9. The molecule has 96 valence electrons. The number of carbonyl (C=O) groups is 1. The van der Waals surface area contributed by atoms with E-state index in [2.05, 4.69) is 10.3 Å². The first kappa shape index (κ1) is 13.9. The number of aliphatic hydroxyl groups excluding tert-OH is 1. The zero-order valence-electron chi connectivity index (χ0n) is 10.4. The Morgan fingerprint density at radius 2 is 2.24 bits per heavy atom. The summed E-state index contributed by atoms with van der Waals surface area (Å²) in [5.74, 6) is -0.150. The molecule has 0 bridgehead atoms. The highest BCUT2D eigenvalue weighted by atomic mass is 32.1. The Balaban J connectivity index is 2.59. The van der Waals surface area contributed by atoms with Crippen molar-refractivity contribution >= 4 is 22.4 Å². The Morgan fingerprint density at radius 1 is 1.59 bits per heavy atom. The molecule has 0 saturated heterocycles. The number of rotatable bonds is 5. The number of amides is 1. The average molecular weight is 257 g/mol. The zero-order valence-corrected chi connectivity index (χ0v) is 11.2. The van der Waals surface area contributed by atoms with Crippen molar-refractivity contribution in [3.05, 3.63) is 10.6 Å². The summed E-state index contributed by atoms with van der Waals surface area (Å²) in [6, 6.07) is 0. The van der Waals surface area contributed by atoms with E-state index >= 15 is 0 Å². The summed E-state index contributed by atoms with van der Waals surface area (Å²) in [7, 11) is 0. The quantitative estimate of drug-likeness (QED) is 0.739. The van der Waals surface area contributed by atoms with Crippen LogP contribution in [0, 0.1) is 12.3 Å². The monoisotopic (exact) mass is 257 g/mol. The number of nitrogens with zero attached hydrogens (tertiary/aromatic N) is 1. The van der Waals surface area contributed by atoms with Gasteiger partial charge in [-0.05, 0) is 18.8 Å². The van der Waals surface area contributed by atoms with Crippen molar-refractivity contribution < 1.29 is 9.90 Å². The number of aryl methyl sites for hydroxylation is 1. The second-order valence-electron chi connectivity index (χ2n) is 4.79. The van der Waals surface area contributed by atoms with Crippen molar-refractivity contribution in [3.8, 4) is 0 Å². The van der Waals surface area contributed by atoms with E-state index in [9.17, 15) is 4.79 Å². The van der Waals surface area contributed by atoms with Crippen LogP contribution in [0.4, 0.5) is 5.13 Å². The molecule has 0 aliphatic rings. The summed E-state index contributed by atoms with van der Waals surface area (Å²) in [6.45, 7) is 6.40. The lowest BCUT2D eigenvalue weighted by molar-refractivity contribution is 0.0931. The van der Waals surface area contributed by atoms with Gasteiger partial charge in [0.1, 0.15) is 4.88 Å². The summed E-state index contributed by atoms with van der Waals surface area (Å²) < 4.78 is 0. The van der Waals surface area contributed by atoms with Crippen LogP contribution in [0.1, 0.15) is 35.6 Å². The third kappa shape index (κ3) is 3.98. The van der Waals surface area contributed by atoms with Gasteiger partial charge in [0.15, 0.2) is 5.13 Å². The summed E-state index contributed by atoms with van der Waals surface area (Å²) in [5, 5.41) is 12.1. The first-order valence-corrected chi connectivity index (χ1v) is 6.29. The van der Waals surface area contributed by atoms with Gasteiger partial charge in [-0.15, -0.1) is 0 Å². The van der Waals surface area contributed by atoms with Gasteiger partial charge >= 0.3 is 0 Å². The minimum atomic E-state index is -0.150. The molecule has 0 radical (unpaired) electrons. The summed E-state index contributed by atoms with van der Waals surface area (Å²) >= 11 is 1.19. The summed E-state index contributed by atoms with van der Waals surface area (Å²) in [6.07, 6.45) is 0.650. The highest BCUT2D eigenvalue weighted by Gasteiger charge is 2.20. The number of thiazole rings is 1. The van der Waals surface area contributed by atoms with Gasteiger partial charge in [-0.3, -0.25) is 4.79 Å². The normalized spacial score (nSPS) is 11.5. The fraction of sp³-hybridized carbons (Fsp3) is 0.636. The highest BCUT2D eigenvalue weighted by Crippen LogP contribution is 2.21. The summed E-state index contributed by atoms with van der Waals surface area (Å²) in [4.78, 5) is 16.4. The largest absolute Gasteiger partial charge is 0.396 e. The second kappa shape index (κ2) is 5.46. The molecule has 17 heavy (non-hydrogen) atoms. The molecule has 4 N–H and O–H groups in total. The molecule has 0 unspecified atom stereocenters. The molecule has 1 heterocycles. The predicted octanol–water partition coefficient (Wildman–Crippen LogP) is 1.17. The molecule has 0 aromatic carbocycles. The molecule has 0 atom stereocenters. The number of aromatic nitrogens is 1. The Labute approximate surface area is 105 Å². The lowest BCUT2D eigenvalue weighted by Gasteiger charge is -2.23. The van der Waals surface area contributed by atoms with Crippen LogP contribution in [0.2, 0.25) is 0 Å². The minimum Gasteiger partial charge on any atom is -0.396 e. The fourth-order valence-electron chi connectivity index (χ4n) is 1.42. The van der Waals surface area contributed by atoms with Gasteiger partial charge in [0.25, 0.3) is 5.91 Å². The van der Waals surface area contributed by atoms with E-state index in [4.69, 9.17) is 10.8 Å². The van der Waals surface area contributed by atoms with Crippen LogP contribution < -0.4 is 11.1 Å². The summed E-state index contributed by atoms with van der Waals surface area (Å²) in [5.41, 5.74) is 6.08. The number of nitrogens with two attached hydrogens (primary N) is 1. The third-order valence-electron chi connectivity index (χ3n) is 2.54. The van der Waals surface area contributed by atoms with Crippen LogP contribution in [0.3, 0.4) is 0 Å². The number of aliphatic hydroxyl groups is 1. The number of hydrogen-bond acceptors (Lipinski definition) is 5. The molecule has 1 aromatic rings. The topological polar surface area (TPSA) is 88.2 Å². The number of nitrogens with one attached hydrogen (secondary N) is 1. The van der Waals surface area contributed by atoms with Crippen LogP contribution in [-0.2, 0) is 0 Å². The molecule has 6 heteroatoms. The van der Waals surface area contributed by atoms with Gasteiger partial charge in [0, 0.05) is 13.2 Å². The van der Waals surface area contributed by atoms with Crippen LogP contribution >= 0.6 is 11.3 Å². The van der Waals surface area contributed by atoms with E-state index < -0.39 is 0 Å². The van der Waals surface area contributed by atoms with Gasteiger partial charge in [-0.25, -0.2) is 4.98 Å². The van der Waals surface area contributed by atoms with Crippen LogP contribution in [0.25, 0.3) is 0 Å². The van der Waals surface area contributed by atoms with Crippen molar-refractivity contribution in [2.45, 2.75) is 27.2 Å². The molecular formula is C11H19N3O2S. The van der Waals surface area contributed by atoms with E-state index in [1.807, 2.05) is 13.8 Å². The van der Waals surface area contributed by atoms with E-state index in [-0.39, 0.29) is 17.9 Å². The van der Waals surface area contributed by atoms with Crippen molar-refractivity contribution in [2.24, 2.45) is 5.41 Å². The molecule has 0 aliphatic heterocycles. The Morgan fingerprint density at radius 3 is 2.71 bits per heavy atom. The van der Waals surface area contributed by atoms with Gasteiger partial charge < -0.3 is 16.2 Å². The fourth-order valence-corrected chi connectivity index (χ4v) is 2.17. The lowest BCUT2D eigenvalue weighted by atomic mass is 9.90. The molecule has 0 saturated carbocycles. The number of anilines is 1. The molecule has 1 aromatic heterocycles. The van der Waals surface area contributed by atoms with Crippen molar-refractivity contribution in [3.63, 3.8) is 0 Å². The van der Waals surface area contributed by atoms with Gasteiger partial charge in [-0.2, -0.15) is 0 Å². The Kier molecular flexibility index (Phi) is 4.47. The maximum absolute atomic E-state index is 11.9. The van der Waals surface area contributed by atoms with Crippen LogP contribution in [0.5, 0.6) is 0 Å². The van der Waals surface area contributed by atoms with Crippen LogP contribution in [0.15, 0.2) is 0 Å². The molecule has 5 nitrogen and oxygen atoms in total. The molecule has 0 fully saturated rings. The molecule has 0 aliphatic carbocycles. The highest BCUT2D eigenvalue weighted by molar-refractivity contribution is 7.17. The van der Waals surface area contributed by atoms with E-state index in [0.717, 1.165) is 0 Å². The third-order valence-corrected chi connectivity index (χ3v) is 3.52. The average Bonchev–Trinajstić information content (AvgIpc) is 2.54. The zero-order chi connectivity index (χ0) is 13.1. The molecule has 1 amide bonds. The smallest absolute Gasteiger partial charge is 0.263 e. The second-order valence-corrected chi connectivity index (χ2v) is 5.82. The van der Waals surface area contributed by atoms with Crippen molar-refractivity contribution in [1.29, 1.82) is 0 Å². The van der Waals surface area contributed by atoms with Crippen molar-refractivity contribution in [2.75, 3.05) is 18.9 Å². The Bertz CT molecular complexity index is 401. The number of carbonyl (C=O) groups excluding carboxylic acids is 1. The number of hydrogen-bond donors (Lipinski definition) is 3. The first-order chi connectivity index (χ1) is 7.85. The number of nitrogen functional groups attached to an aromatic ring is 1. The predicted molar refractivity (Wildman–Crippen MR) is 69.1 cm³/mol. The molecule has 1 rings (SSSR count).